The molecule has 1 aliphatic rings. The number of aliphatic hydroxyl groups excluding tert-OH is 1. The zero-order valence-corrected chi connectivity index (χ0v) is 8.84. The predicted octanol–water partition coefficient (Wildman–Crippen LogP) is 1.88. The molecule has 0 aromatic carbocycles. The van der Waals surface area contributed by atoms with E-state index in [4.69, 9.17) is 5.11 Å². The molecule has 0 bridgehead atoms. The Morgan fingerprint density at radius 1 is 1.31 bits per heavy atom. The molecule has 0 aromatic rings. The molecule has 1 fully saturated rings. The minimum Gasteiger partial charge on any atom is -0.395 e. The maximum atomic E-state index is 8.84. The second-order valence-corrected chi connectivity index (χ2v) is 4.15. The molecule has 2 heteroatoms. The minimum absolute atomic E-state index is 0.318. The Bertz CT molecular complexity index is 113. The first-order chi connectivity index (χ1) is 6.36. The van der Waals surface area contributed by atoms with Crippen molar-refractivity contribution in [1.29, 1.82) is 0 Å². The van der Waals surface area contributed by atoms with Crippen molar-refractivity contribution in [2.24, 2.45) is 5.92 Å². The van der Waals surface area contributed by atoms with Crippen LogP contribution in [0.15, 0.2) is 0 Å². The van der Waals surface area contributed by atoms with E-state index < -0.39 is 0 Å². The van der Waals surface area contributed by atoms with Crippen molar-refractivity contribution >= 4 is 0 Å². The lowest BCUT2D eigenvalue weighted by molar-refractivity contribution is 0.198. The third-order valence-corrected chi connectivity index (χ3v) is 3.05. The Labute approximate surface area is 81.9 Å². The van der Waals surface area contributed by atoms with Gasteiger partial charge in [0.1, 0.15) is 0 Å². The van der Waals surface area contributed by atoms with E-state index >= 15 is 0 Å². The summed E-state index contributed by atoms with van der Waals surface area (Å²) in [6.07, 6.45) is 6.78. The summed E-state index contributed by atoms with van der Waals surface area (Å²) in [6, 6.07) is 0. The van der Waals surface area contributed by atoms with Gasteiger partial charge in [0.15, 0.2) is 0 Å². The number of β-amino-alcohol motifs (C(OH)–C–C–N with tert-alkyl or cyclic N) is 1. The van der Waals surface area contributed by atoms with E-state index in [9.17, 15) is 0 Å². The van der Waals surface area contributed by atoms with Crippen LogP contribution in [0.25, 0.3) is 0 Å². The molecule has 2 nitrogen and oxygen atoms in total. The molecule has 1 atom stereocenters. The van der Waals surface area contributed by atoms with Crippen molar-refractivity contribution in [2.45, 2.75) is 39.0 Å². The summed E-state index contributed by atoms with van der Waals surface area (Å²) >= 11 is 0. The average Bonchev–Trinajstić information content (AvgIpc) is 2.33. The van der Waals surface area contributed by atoms with Crippen molar-refractivity contribution in [1.82, 2.24) is 4.90 Å². The summed E-state index contributed by atoms with van der Waals surface area (Å²) in [5.41, 5.74) is 0. The lowest BCUT2D eigenvalue weighted by Gasteiger charge is -2.18. The largest absolute Gasteiger partial charge is 0.395 e. The summed E-state index contributed by atoms with van der Waals surface area (Å²) < 4.78 is 0. The Hall–Kier alpha value is -0.0800. The van der Waals surface area contributed by atoms with Gasteiger partial charge in [-0.25, -0.2) is 0 Å². The maximum Gasteiger partial charge on any atom is 0.0558 e. The topological polar surface area (TPSA) is 23.5 Å². The molecular weight excluding hydrogens is 162 g/mol. The summed E-state index contributed by atoms with van der Waals surface area (Å²) in [6.45, 7) is 5.86. The van der Waals surface area contributed by atoms with Gasteiger partial charge in [-0.2, -0.15) is 0 Å². The van der Waals surface area contributed by atoms with E-state index in [-0.39, 0.29) is 0 Å². The molecule has 1 rings (SSSR count). The lowest BCUT2D eigenvalue weighted by Crippen LogP contribution is -2.27. The highest BCUT2D eigenvalue weighted by molar-refractivity contribution is 4.69. The zero-order chi connectivity index (χ0) is 9.52. The molecule has 0 aliphatic carbocycles. The Morgan fingerprint density at radius 3 is 2.85 bits per heavy atom. The first-order valence-electron chi connectivity index (χ1n) is 5.70. The number of hydrogen-bond donors (Lipinski definition) is 1. The maximum absolute atomic E-state index is 8.84. The minimum atomic E-state index is 0.318. The molecule has 0 spiro atoms. The molecule has 1 heterocycles. The van der Waals surface area contributed by atoms with Crippen molar-refractivity contribution in [3.8, 4) is 0 Å². The highest BCUT2D eigenvalue weighted by Gasteiger charge is 2.15. The number of rotatable bonds is 4. The van der Waals surface area contributed by atoms with Gasteiger partial charge >= 0.3 is 0 Å². The van der Waals surface area contributed by atoms with E-state index in [1.165, 1.54) is 45.2 Å². The number of nitrogens with zero attached hydrogens (tertiary/aromatic N) is 1. The second kappa shape index (κ2) is 6.39. The van der Waals surface area contributed by atoms with Gasteiger partial charge in [-0.15, -0.1) is 0 Å². The highest BCUT2D eigenvalue weighted by atomic mass is 16.3. The number of likely N-dealkylation sites (tertiary alicyclic amines) is 1. The van der Waals surface area contributed by atoms with Crippen LogP contribution < -0.4 is 0 Å². The Kier molecular flexibility index (Phi) is 5.40. The van der Waals surface area contributed by atoms with Crippen molar-refractivity contribution < 1.29 is 5.11 Å². The fraction of sp³-hybridized carbons (Fsp3) is 1.00. The van der Waals surface area contributed by atoms with Gasteiger partial charge < -0.3 is 10.0 Å². The first kappa shape index (κ1) is 11.0. The lowest BCUT2D eigenvalue weighted by atomic mass is 9.96. The second-order valence-electron chi connectivity index (χ2n) is 4.15. The van der Waals surface area contributed by atoms with Crippen LogP contribution in [-0.2, 0) is 0 Å². The molecular formula is C11H23NO. The van der Waals surface area contributed by atoms with Crippen LogP contribution in [0.1, 0.15) is 39.0 Å². The normalized spacial score (nSPS) is 25.8. The van der Waals surface area contributed by atoms with Crippen LogP contribution in [0, 0.1) is 5.92 Å². The molecule has 0 aromatic heterocycles. The van der Waals surface area contributed by atoms with Gasteiger partial charge in [-0.3, -0.25) is 0 Å². The summed E-state index contributed by atoms with van der Waals surface area (Å²) in [5.74, 6) is 0.952. The van der Waals surface area contributed by atoms with Crippen molar-refractivity contribution in [3.05, 3.63) is 0 Å². The van der Waals surface area contributed by atoms with E-state index in [0.29, 0.717) is 6.61 Å². The molecule has 0 amide bonds. The van der Waals surface area contributed by atoms with Gasteiger partial charge in [0.25, 0.3) is 0 Å². The van der Waals surface area contributed by atoms with Crippen molar-refractivity contribution in [2.75, 3.05) is 26.2 Å². The molecule has 0 radical (unpaired) electrons. The van der Waals surface area contributed by atoms with Crippen LogP contribution >= 0.6 is 0 Å². The van der Waals surface area contributed by atoms with E-state index in [1.54, 1.807) is 0 Å². The van der Waals surface area contributed by atoms with Crippen LogP contribution in [0.3, 0.4) is 0 Å². The number of aliphatic hydroxyl groups is 1. The summed E-state index contributed by atoms with van der Waals surface area (Å²) in [7, 11) is 0. The van der Waals surface area contributed by atoms with Gasteiger partial charge in [-0.05, 0) is 38.3 Å². The van der Waals surface area contributed by atoms with E-state index in [0.717, 1.165) is 12.5 Å². The Morgan fingerprint density at radius 2 is 2.15 bits per heavy atom. The van der Waals surface area contributed by atoms with E-state index in [1.807, 2.05) is 0 Å². The zero-order valence-electron chi connectivity index (χ0n) is 8.84. The highest BCUT2D eigenvalue weighted by Crippen LogP contribution is 2.21. The standard InChI is InChI=1S/C11H23NO/c1-2-4-11-5-3-7-12(8-6-11)9-10-13/h11,13H,2-10H2,1H3. The van der Waals surface area contributed by atoms with Crippen LogP contribution in [0.4, 0.5) is 0 Å². The average molecular weight is 185 g/mol. The van der Waals surface area contributed by atoms with Crippen LogP contribution in [-0.4, -0.2) is 36.2 Å². The molecule has 1 saturated heterocycles. The molecule has 1 N–H and O–H groups in total. The fourth-order valence-corrected chi connectivity index (χ4v) is 2.29. The SMILES string of the molecule is CCCC1CCCN(CCO)CC1. The molecule has 0 saturated carbocycles. The molecule has 13 heavy (non-hydrogen) atoms. The number of hydrogen-bond acceptors (Lipinski definition) is 2. The van der Waals surface area contributed by atoms with Crippen LogP contribution in [0.5, 0.6) is 0 Å². The van der Waals surface area contributed by atoms with Crippen LogP contribution in [0.2, 0.25) is 0 Å². The summed E-state index contributed by atoms with van der Waals surface area (Å²) in [5, 5.41) is 8.84. The molecule has 78 valence electrons. The third kappa shape index (κ3) is 4.10. The van der Waals surface area contributed by atoms with E-state index in [2.05, 4.69) is 11.8 Å². The van der Waals surface area contributed by atoms with Gasteiger partial charge in [0.05, 0.1) is 6.61 Å². The van der Waals surface area contributed by atoms with Gasteiger partial charge in [0, 0.05) is 6.54 Å². The molecule has 1 unspecified atom stereocenters. The predicted molar refractivity (Wildman–Crippen MR) is 55.8 cm³/mol. The third-order valence-electron chi connectivity index (χ3n) is 3.05. The van der Waals surface area contributed by atoms with Gasteiger partial charge in [0.2, 0.25) is 0 Å². The molecule has 1 aliphatic heterocycles. The smallest absolute Gasteiger partial charge is 0.0558 e. The summed E-state index contributed by atoms with van der Waals surface area (Å²) in [4.78, 5) is 2.40. The van der Waals surface area contributed by atoms with Crippen molar-refractivity contribution in [3.63, 3.8) is 0 Å². The quantitative estimate of drug-likeness (QED) is 0.723. The first-order valence-corrected chi connectivity index (χ1v) is 5.70. The monoisotopic (exact) mass is 185 g/mol. The van der Waals surface area contributed by atoms with Gasteiger partial charge in [-0.1, -0.05) is 19.8 Å². The fourth-order valence-electron chi connectivity index (χ4n) is 2.29. The Balaban J connectivity index is 2.22.